The molecule has 196 valence electrons. The van der Waals surface area contributed by atoms with Crippen LogP contribution in [0.4, 0.5) is 18.0 Å². The van der Waals surface area contributed by atoms with Gasteiger partial charge in [0.1, 0.15) is 29.8 Å². The smallest absolute Gasteiger partial charge is 0.481 e. The molecule has 0 amide bonds. The number of hydrogen-bond donors (Lipinski definition) is 1. The van der Waals surface area contributed by atoms with Gasteiger partial charge in [0.2, 0.25) is 12.1 Å². The number of carboxylic acid groups (broad SMARTS) is 1. The molecule has 0 aliphatic heterocycles. The van der Waals surface area contributed by atoms with Gasteiger partial charge in [-0.3, -0.25) is 9.78 Å². The van der Waals surface area contributed by atoms with Gasteiger partial charge in [0.15, 0.2) is 11.4 Å². The summed E-state index contributed by atoms with van der Waals surface area (Å²) in [4.78, 5) is 32.1. The van der Waals surface area contributed by atoms with Crippen LogP contribution in [0.2, 0.25) is 0 Å². The van der Waals surface area contributed by atoms with E-state index in [0.717, 1.165) is 16.9 Å². The van der Waals surface area contributed by atoms with Crippen LogP contribution in [0.5, 0.6) is 0 Å². The molecule has 15 heteroatoms. The van der Waals surface area contributed by atoms with E-state index in [1.54, 1.807) is 6.92 Å². The van der Waals surface area contributed by atoms with E-state index in [-0.39, 0.29) is 34.4 Å². The maximum atomic E-state index is 12.8. The zero-order valence-electron chi connectivity index (χ0n) is 20.0. The number of oxazole rings is 1. The molecule has 0 radical (unpaired) electrons. The predicted octanol–water partition coefficient (Wildman–Crippen LogP) is 4.23. The molecule has 0 saturated heterocycles. The Balaban J connectivity index is 1.84. The van der Waals surface area contributed by atoms with E-state index >= 15 is 0 Å². The molecule has 37 heavy (non-hydrogen) atoms. The van der Waals surface area contributed by atoms with Crippen LogP contribution in [0.15, 0.2) is 22.7 Å². The van der Waals surface area contributed by atoms with Gasteiger partial charge >= 0.3 is 18.3 Å². The molecule has 3 aromatic heterocycles. The monoisotopic (exact) mass is 522 g/mol. The summed E-state index contributed by atoms with van der Waals surface area (Å²) in [6, 6.07) is 3.79. The highest BCUT2D eigenvalue weighted by molar-refractivity contribution is 5.74. The van der Waals surface area contributed by atoms with Crippen LogP contribution >= 0.6 is 0 Å². The molecule has 0 aliphatic rings. The van der Waals surface area contributed by atoms with Gasteiger partial charge in [-0.05, 0) is 32.9 Å². The van der Waals surface area contributed by atoms with Crippen molar-refractivity contribution >= 4 is 12.1 Å². The number of aryl methyl sites for hydroxylation is 1. The number of aromatic nitrogens is 5. The summed E-state index contributed by atoms with van der Waals surface area (Å²) >= 11 is 0. The molecule has 0 saturated carbocycles. The fraction of sp³-hybridized carbons (Fsp3) is 0.409. The van der Waals surface area contributed by atoms with Crippen LogP contribution < -0.4 is 0 Å². The van der Waals surface area contributed by atoms with Crippen LogP contribution in [-0.2, 0) is 26.9 Å². The highest BCUT2D eigenvalue weighted by atomic mass is 19.4. The van der Waals surface area contributed by atoms with Crippen molar-refractivity contribution in [3.8, 4) is 29.0 Å². The van der Waals surface area contributed by atoms with Crippen molar-refractivity contribution in [3.63, 3.8) is 0 Å². The van der Waals surface area contributed by atoms with Gasteiger partial charge in [-0.15, -0.1) is 15.0 Å². The third-order valence-corrected chi connectivity index (χ3v) is 5.01. The van der Waals surface area contributed by atoms with E-state index in [0.29, 0.717) is 12.6 Å². The molecule has 3 aromatic rings. The van der Waals surface area contributed by atoms with Gasteiger partial charge in [-0.2, -0.15) is 18.4 Å². The second kappa shape index (κ2) is 10.2. The molecule has 1 atom stereocenters. The van der Waals surface area contributed by atoms with Crippen molar-refractivity contribution in [2.24, 2.45) is 5.41 Å². The third kappa shape index (κ3) is 6.02. The molecular formula is C22H21F3N6O6. The fourth-order valence-electron chi connectivity index (χ4n) is 2.81. The van der Waals surface area contributed by atoms with Gasteiger partial charge in [-0.1, -0.05) is 6.92 Å². The lowest BCUT2D eigenvalue weighted by atomic mass is 9.95. The lowest BCUT2D eigenvalue weighted by molar-refractivity contribution is -0.149. The number of carbonyl (C=O) groups excluding carboxylic acids is 1. The highest BCUT2D eigenvalue weighted by Crippen LogP contribution is 2.32. The fourth-order valence-corrected chi connectivity index (χ4v) is 2.81. The summed E-state index contributed by atoms with van der Waals surface area (Å²) in [5.41, 5.74) is -2.34. The highest BCUT2D eigenvalue weighted by Gasteiger charge is 2.32. The second-order valence-corrected chi connectivity index (χ2v) is 8.35. The van der Waals surface area contributed by atoms with Crippen molar-refractivity contribution in [2.45, 2.75) is 46.5 Å². The molecule has 0 aliphatic carbocycles. The first-order valence-electron chi connectivity index (χ1n) is 10.7. The first kappa shape index (κ1) is 27.1. The minimum absolute atomic E-state index is 0.0166. The predicted molar refractivity (Wildman–Crippen MR) is 116 cm³/mol. The molecule has 1 N–H and O–H groups in total. The third-order valence-electron chi connectivity index (χ3n) is 5.01. The summed E-state index contributed by atoms with van der Waals surface area (Å²) in [5.74, 6) is -0.993. The van der Waals surface area contributed by atoms with Crippen molar-refractivity contribution in [2.75, 3.05) is 6.61 Å². The molecule has 1 unspecified atom stereocenters. The minimum Gasteiger partial charge on any atom is -0.481 e. The number of aliphatic carboxylic acids is 1. The van der Waals surface area contributed by atoms with Crippen molar-refractivity contribution in [1.29, 1.82) is 5.26 Å². The number of alkyl halides is 3. The topological polar surface area (TPSA) is 166 Å². The molecule has 0 bridgehead atoms. The summed E-state index contributed by atoms with van der Waals surface area (Å²) < 4.78 is 54.1. The van der Waals surface area contributed by atoms with E-state index < -0.39 is 42.1 Å². The molecular weight excluding hydrogens is 501 g/mol. The first-order chi connectivity index (χ1) is 17.3. The van der Waals surface area contributed by atoms with Crippen molar-refractivity contribution < 1.29 is 41.8 Å². The van der Waals surface area contributed by atoms with Gasteiger partial charge in [0.05, 0.1) is 11.0 Å². The van der Waals surface area contributed by atoms with E-state index in [4.69, 9.17) is 19.0 Å². The Hall–Kier alpha value is -4.48. The number of pyridine rings is 1. The van der Waals surface area contributed by atoms with Crippen molar-refractivity contribution in [3.05, 3.63) is 35.3 Å². The normalized spacial score (nSPS) is 12.6. The van der Waals surface area contributed by atoms with E-state index in [1.807, 2.05) is 6.07 Å². The standard InChI is InChI=1S/C22H21F3N6O6/c1-5-15-17(28-18(37-15)13-7-6-12(9-27-13)22(23,24)25)16-14(8-26)29-31(30-16)11(2)36-20(34)35-10-21(3,4)19(32)33/h6-7,9,11H,5,10H2,1-4H3,(H,32,33). The average Bonchev–Trinajstić information content (AvgIpc) is 3.46. The Labute approximate surface area is 207 Å². The van der Waals surface area contributed by atoms with Gasteiger partial charge < -0.3 is 19.0 Å². The molecule has 0 spiro atoms. The largest absolute Gasteiger partial charge is 0.510 e. The zero-order chi connectivity index (χ0) is 27.5. The zero-order valence-corrected chi connectivity index (χ0v) is 20.0. The number of rotatable bonds is 8. The van der Waals surface area contributed by atoms with E-state index in [2.05, 4.69) is 20.2 Å². The van der Waals surface area contributed by atoms with Crippen LogP contribution in [0, 0.1) is 16.7 Å². The molecule has 0 fully saturated rings. The summed E-state index contributed by atoms with van der Waals surface area (Å²) in [5, 5.41) is 26.8. The SMILES string of the molecule is CCc1oc(-c2ccc(C(F)(F)F)cn2)nc1-c1nn(C(C)OC(=O)OCC(C)(C)C(=O)O)nc1C#N. The number of ether oxygens (including phenoxy) is 2. The minimum atomic E-state index is -4.56. The maximum absolute atomic E-state index is 12.8. The van der Waals surface area contributed by atoms with Crippen LogP contribution in [0.25, 0.3) is 23.0 Å². The van der Waals surface area contributed by atoms with Crippen LogP contribution in [0.3, 0.4) is 0 Å². The average molecular weight is 522 g/mol. The van der Waals surface area contributed by atoms with Crippen LogP contribution in [-0.4, -0.2) is 48.8 Å². The Bertz CT molecular complexity index is 1340. The molecule has 0 aromatic carbocycles. The van der Waals surface area contributed by atoms with Crippen molar-refractivity contribution in [1.82, 2.24) is 25.0 Å². The van der Waals surface area contributed by atoms with E-state index in [1.165, 1.54) is 20.8 Å². The maximum Gasteiger partial charge on any atom is 0.510 e. The number of carboxylic acids is 1. The molecule has 12 nitrogen and oxygen atoms in total. The Morgan fingerprint density at radius 1 is 1.24 bits per heavy atom. The lowest BCUT2D eigenvalue weighted by Gasteiger charge is -2.19. The number of halogens is 3. The van der Waals surface area contributed by atoms with Gasteiger partial charge in [0, 0.05) is 12.6 Å². The van der Waals surface area contributed by atoms with E-state index in [9.17, 15) is 28.0 Å². The molecule has 3 heterocycles. The quantitative estimate of drug-likeness (QED) is 0.421. The Morgan fingerprint density at radius 2 is 1.95 bits per heavy atom. The van der Waals surface area contributed by atoms with Gasteiger partial charge in [-0.25, -0.2) is 9.78 Å². The number of carbonyl (C=O) groups is 2. The molecule has 3 rings (SSSR count). The summed E-state index contributed by atoms with van der Waals surface area (Å²) in [6.45, 7) is 5.39. The Kier molecular flexibility index (Phi) is 7.51. The number of hydrogen-bond acceptors (Lipinski definition) is 10. The summed E-state index contributed by atoms with van der Waals surface area (Å²) in [7, 11) is 0. The Morgan fingerprint density at radius 3 is 2.49 bits per heavy atom. The second-order valence-electron chi connectivity index (χ2n) is 8.35. The number of nitriles is 1. The van der Waals surface area contributed by atoms with Gasteiger partial charge in [0.25, 0.3) is 0 Å². The van der Waals surface area contributed by atoms with Crippen LogP contribution in [0.1, 0.15) is 50.9 Å². The lowest BCUT2D eigenvalue weighted by Crippen LogP contribution is -2.31. The first-order valence-corrected chi connectivity index (χ1v) is 10.7. The number of nitrogens with zero attached hydrogens (tertiary/aromatic N) is 6. The summed E-state index contributed by atoms with van der Waals surface area (Å²) in [6.07, 6.45) is -5.95.